The van der Waals surface area contributed by atoms with E-state index in [2.05, 4.69) is 21.2 Å². The Morgan fingerprint density at radius 1 is 1.06 bits per heavy atom. The van der Waals surface area contributed by atoms with Crippen LogP contribution in [0.15, 0.2) is 76.1 Å². The number of ether oxygens (including phenoxy) is 2. The van der Waals surface area contributed by atoms with Crippen molar-refractivity contribution in [2.45, 2.75) is 43.4 Å². The van der Waals surface area contributed by atoms with Crippen LogP contribution in [0.5, 0.6) is 0 Å². The predicted octanol–water partition coefficient (Wildman–Crippen LogP) is 4.13. The van der Waals surface area contributed by atoms with E-state index in [0.29, 0.717) is 5.56 Å². The lowest BCUT2D eigenvalue weighted by Crippen LogP contribution is -2.53. The van der Waals surface area contributed by atoms with Crippen LogP contribution in [0.25, 0.3) is 0 Å². The van der Waals surface area contributed by atoms with Crippen LogP contribution >= 0.6 is 15.9 Å². The summed E-state index contributed by atoms with van der Waals surface area (Å²) in [5.41, 5.74) is -0.325. The number of nitrogens with zero attached hydrogens (tertiary/aromatic N) is 1. The molecule has 8 nitrogen and oxygen atoms in total. The van der Waals surface area contributed by atoms with E-state index < -0.39 is 39.8 Å². The van der Waals surface area contributed by atoms with Crippen LogP contribution < -0.4 is 5.32 Å². The van der Waals surface area contributed by atoms with E-state index in [1.54, 1.807) is 75.4 Å². The summed E-state index contributed by atoms with van der Waals surface area (Å²) in [6, 6.07) is 13.3. The molecule has 0 bridgehead atoms. The lowest BCUT2D eigenvalue weighted by molar-refractivity contribution is 0.0437. The Labute approximate surface area is 208 Å². The lowest BCUT2D eigenvalue weighted by Gasteiger charge is -2.35. The number of amides is 1. The summed E-state index contributed by atoms with van der Waals surface area (Å²) in [5, 5.41) is 2.68. The van der Waals surface area contributed by atoms with Crippen LogP contribution in [0.2, 0.25) is 0 Å². The highest BCUT2D eigenvalue weighted by atomic mass is 79.9. The van der Waals surface area contributed by atoms with Gasteiger partial charge in [-0.25, -0.2) is 18.0 Å². The largest absolute Gasteiger partial charge is 0.460 e. The number of hydrogen-bond acceptors (Lipinski definition) is 6. The first-order valence-corrected chi connectivity index (χ1v) is 12.9. The number of sulfonamides is 1. The van der Waals surface area contributed by atoms with Gasteiger partial charge in [-0.15, -0.1) is 0 Å². The zero-order chi connectivity index (χ0) is 24.9. The summed E-state index contributed by atoms with van der Waals surface area (Å²) in [5.74, 6) is -0.552. The third-order valence-corrected chi connectivity index (χ3v) is 7.26. The molecule has 1 N–H and O–H groups in total. The average molecular weight is 551 g/mol. The molecule has 1 aliphatic heterocycles. The van der Waals surface area contributed by atoms with Gasteiger partial charge in [-0.2, -0.15) is 4.31 Å². The summed E-state index contributed by atoms with van der Waals surface area (Å²) in [4.78, 5) is 24.7. The molecular weight excluding hydrogens is 524 g/mol. The van der Waals surface area contributed by atoms with Crippen LogP contribution in [0.1, 0.15) is 31.1 Å². The van der Waals surface area contributed by atoms with Gasteiger partial charge in [0.15, 0.2) is 0 Å². The lowest BCUT2D eigenvalue weighted by atomic mass is 10.1. The number of halogens is 1. The number of nitrogens with one attached hydrogen (secondary N) is 1. The van der Waals surface area contributed by atoms with Crippen molar-refractivity contribution in [2.24, 2.45) is 0 Å². The van der Waals surface area contributed by atoms with Crippen LogP contribution in [-0.4, -0.2) is 55.6 Å². The molecule has 2 aromatic carbocycles. The van der Waals surface area contributed by atoms with Crippen molar-refractivity contribution in [2.75, 3.05) is 13.2 Å². The van der Waals surface area contributed by atoms with Crippen molar-refractivity contribution < 1.29 is 27.5 Å². The molecule has 0 aromatic heterocycles. The van der Waals surface area contributed by atoms with Gasteiger partial charge in [-0.3, -0.25) is 0 Å². The smallest absolute Gasteiger partial charge is 0.408 e. The van der Waals surface area contributed by atoms with E-state index in [4.69, 9.17) is 9.47 Å². The molecule has 3 rings (SSSR count). The van der Waals surface area contributed by atoms with Gasteiger partial charge in [0.25, 0.3) is 0 Å². The molecule has 0 unspecified atom stereocenters. The minimum absolute atomic E-state index is 0.0539. The molecule has 0 radical (unpaired) electrons. The van der Waals surface area contributed by atoms with Crippen molar-refractivity contribution in [1.29, 1.82) is 0 Å². The Morgan fingerprint density at radius 2 is 1.71 bits per heavy atom. The van der Waals surface area contributed by atoms with Crippen LogP contribution in [0, 0.1) is 0 Å². The highest BCUT2D eigenvalue weighted by molar-refractivity contribution is 9.10. The molecule has 1 heterocycles. The van der Waals surface area contributed by atoms with E-state index in [1.165, 1.54) is 16.4 Å². The molecule has 10 heteroatoms. The molecule has 0 spiro atoms. The molecule has 2 aromatic rings. The number of hydrogen-bond donors (Lipinski definition) is 1. The second kappa shape index (κ2) is 10.7. The van der Waals surface area contributed by atoms with Gasteiger partial charge in [0.2, 0.25) is 10.0 Å². The number of carbonyl (C=O) groups is 2. The molecule has 2 atom stereocenters. The van der Waals surface area contributed by atoms with Crippen LogP contribution in [-0.2, 0) is 19.5 Å². The Bertz CT molecular complexity index is 1140. The number of carbonyl (C=O) groups excluding carboxylic acids is 2. The average Bonchev–Trinajstić information content (AvgIpc) is 2.77. The monoisotopic (exact) mass is 550 g/mol. The maximum absolute atomic E-state index is 13.5. The first-order valence-electron chi connectivity index (χ1n) is 10.6. The molecule has 1 amide bonds. The second-order valence-electron chi connectivity index (χ2n) is 8.70. The number of esters is 1. The highest BCUT2D eigenvalue weighted by Gasteiger charge is 2.36. The SMILES string of the molecule is CC(C)(C)OC(=O)N[C@H]1C=C[C@@H](COC(=O)c2ccccc2)N(S(=O)(=O)c2ccc(Br)cc2)C1. The number of alkyl carbamates (subject to hydrolysis) is 1. The number of rotatable bonds is 6. The highest BCUT2D eigenvalue weighted by Crippen LogP contribution is 2.24. The third kappa shape index (κ3) is 6.91. The normalized spacial score (nSPS) is 18.8. The van der Waals surface area contributed by atoms with E-state index in [9.17, 15) is 18.0 Å². The Hall–Kier alpha value is -2.69. The standard InChI is InChI=1S/C24H27BrN2O6S/c1-24(2,3)33-23(29)26-19-11-12-20(16-32-22(28)17-7-5-4-6-8-17)27(15-19)34(30,31)21-13-9-18(25)10-14-21/h4-14,19-20H,15-16H2,1-3H3,(H,26,29)/t19-,20-/m0/s1. The second-order valence-corrected chi connectivity index (χ2v) is 11.5. The summed E-state index contributed by atoms with van der Waals surface area (Å²) >= 11 is 3.31. The molecular formula is C24H27BrN2O6S. The minimum atomic E-state index is -3.97. The minimum Gasteiger partial charge on any atom is -0.460 e. The maximum atomic E-state index is 13.5. The Kier molecular flexibility index (Phi) is 8.17. The van der Waals surface area contributed by atoms with Gasteiger partial charge in [-0.05, 0) is 57.2 Å². The first-order chi connectivity index (χ1) is 16.0. The van der Waals surface area contributed by atoms with Crippen LogP contribution in [0.4, 0.5) is 4.79 Å². The van der Waals surface area contributed by atoms with Gasteiger partial charge < -0.3 is 14.8 Å². The summed E-state index contributed by atoms with van der Waals surface area (Å²) < 4.78 is 39.6. The van der Waals surface area contributed by atoms with E-state index >= 15 is 0 Å². The molecule has 0 saturated carbocycles. The fraction of sp³-hybridized carbons (Fsp3) is 0.333. The molecule has 34 heavy (non-hydrogen) atoms. The molecule has 182 valence electrons. The summed E-state index contributed by atoms with van der Waals surface area (Å²) in [6.45, 7) is 4.99. The van der Waals surface area contributed by atoms with Gasteiger partial charge in [0.05, 0.1) is 22.5 Å². The number of benzene rings is 2. The van der Waals surface area contributed by atoms with Crippen molar-refractivity contribution >= 4 is 38.0 Å². The maximum Gasteiger partial charge on any atom is 0.408 e. The van der Waals surface area contributed by atoms with Crippen LogP contribution in [0.3, 0.4) is 0 Å². The fourth-order valence-electron chi connectivity index (χ4n) is 3.28. The van der Waals surface area contributed by atoms with Gasteiger partial charge >= 0.3 is 12.1 Å². The molecule has 0 aliphatic carbocycles. The fourth-order valence-corrected chi connectivity index (χ4v) is 5.14. The van der Waals surface area contributed by atoms with Crippen molar-refractivity contribution in [3.8, 4) is 0 Å². The summed E-state index contributed by atoms with van der Waals surface area (Å²) in [6.07, 6.45) is 2.63. The Morgan fingerprint density at radius 3 is 2.32 bits per heavy atom. The van der Waals surface area contributed by atoms with Gasteiger partial charge in [-0.1, -0.05) is 46.3 Å². The topological polar surface area (TPSA) is 102 Å². The van der Waals surface area contributed by atoms with Gasteiger partial charge in [0, 0.05) is 11.0 Å². The molecule has 1 aliphatic rings. The quantitative estimate of drug-likeness (QED) is 0.428. The predicted molar refractivity (Wildman–Crippen MR) is 131 cm³/mol. The summed E-state index contributed by atoms with van der Waals surface area (Å²) in [7, 11) is -3.97. The van der Waals surface area contributed by atoms with E-state index in [0.717, 1.165) is 4.47 Å². The van der Waals surface area contributed by atoms with Crippen molar-refractivity contribution in [3.05, 3.63) is 76.8 Å². The zero-order valence-corrected chi connectivity index (χ0v) is 21.5. The molecule has 0 saturated heterocycles. The third-order valence-electron chi connectivity index (χ3n) is 4.83. The first kappa shape index (κ1) is 25.9. The van der Waals surface area contributed by atoms with Crippen molar-refractivity contribution in [1.82, 2.24) is 9.62 Å². The zero-order valence-electron chi connectivity index (χ0n) is 19.1. The van der Waals surface area contributed by atoms with E-state index in [-0.39, 0.29) is 18.0 Å². The van der Waals surface area contributed by atoms with E-state index in [1.807, 2.05) is 0 Å². The Balaban J connectivity index is 1.82. The molecule has 0 fully saturated rings. The van der Waals surface area contributed by atoms with Gasteiger partial charge in [0.1, 0.15) is 12.2 Å². The van der Waals surface area contributed by atoms with Crippen molar-refractivity contribution in [3.63, 3.8) is 0 Å².